The lowest BCUT2D eigenvalue weighted by Gasteiger charge is -2.18. The second kappa shape index (κ2) is 12.9. The molecule has 2 aromatic heterocycles. The van der Waals surface area contributed by atoms with E-state index in [0.717, 1.165) is 71.9 Å². The first-order valence-corrected chi connectivity index (χ1v) is 18.6. The SMILES string of the molecule is Cc1ccc(-c2ccc3c(c2)c2ccccc2n3-c2cc(-c3cc(F)cc(F)c3)cc(-n3c4ccccc4c4cc(-c5ccc(C)cc5)ccc43)c2C#N)cc1. The van der Waals surface area contributed by atoms with Crippen LogP contribution >= 0.6 is 0 Å². The molecule has 10 rings (SSSR count). The molecule has 10 aromatic rings. The highest BCUT2D eigenvalue weighted by atomic mass is 19.1. The van der Waals surface area contributed by atoms with Crippen molar-refractivity contribution < 1.29 is 8.78 Å². The van der Waals surface area contributed by atoms with Crippen molar-refractivity contribution >= 4 is 43.6 Å². The fraction of sp³-hybridized carbons (Fsp3) is 0.0392. The third-order valence-corrected chi connectivity index (χ3v) is 11.0. The number of nitrogens with zero attached hydrogens (tertiary/aromatic N) is 3. The molecule has 0 atom stereocenters. The number of hydrogen-bond donors (Lipinski definition) is 0. The van der Waals surface area contributed by atoms with Crippen LogP contribution in [-0.2, 0) is 0 Å². The third-order valence-electron chi connectivity index (χ3n) is 11.0. The average molecular weight is 726 g/mol. The number of para-hydroxylation sites is 2. The Morgan fingerprint density at radius 2 is 0.786 bits per heavy atom. The van der Waals surface area contributed by atoms with Gasteiger partial charge in [-0.25, -0.2) is 8.78 Å². The molecule has 0 fully saturated rings. The molecule has 0 saturated heterocycles. The lowest BCUT2D eigenvalue weighted by Crippen LogP contribution is -2.05. The monoisotopic (exact) mass is 725 g/mol. The zero-order chi connectivity index (χ0) is 38.1. The number of rotatable bonds is 5. The second-order valence-corrected chi connectivity index (χ2v) is 14.6. The minimum atomic E-state index is -0.673. The number of fused-ring (bicyclic) bond motifs is 6. The summed E-state index contributed by atoms with van der Waals surface area (Å²) in [5.74, 6) is -1.35. The highest BCUT2D eigenvalue weighted by Gasteiger charge is 2.23. The van der Waals surface area contributed by atoms with Gasteiger partial charge in [-0.3, -0.25) is 0 Å². The van der Waals surface area contributed by atoms with E-state index in [2.05, 4.69) is 138 Å². The summed E-state index contributed by atoms with van der Waals surface area (Å²) in [6, 6.07) is 56.1. The fourth-order valence-corrected chi connectivity index (χ4v) is 8.28. The molecule has 0 unspecified atom stereocenters. The van der Waals surface area contributed by atoms with E-state index in [-0.39, 0.29) is 0 Å². The van der Waals surface area contributed by atoms with E-state index in [1.54, 1.807) is 0 Å². The maximum absolute atomic E-state index is 14.9. The van der Waals surface area contributed by atoms with Crippen molar-refractivity contribution in [2.45, 2.75) is 13.8 Å². The van der Waals surface area contributed by atoms with E-state index < -0.39 is 11.6 Å². The number of nitriles is 1. The van der Waals surface area contributed by atoms with Crippen molar-refractivity contribution in [2.24, 2.45) is 0 Å². The third kappa shape index (κ3) is 5.38. The zero-order valence-electron chi connectivity index (χ0n) is 30.7. The van der Waals surface area contributed by atoms with Crippen molar-refractivity contribution in [3.8, 4) is 50.8 Å². The molecule has 266 valence electrons. The van der Waals surface area contributed by atoms with Crippen LogP contribution in [0.1, 0.15) is 16.7 Å². The van der Waals surface area contributed by atoms with Gasteiger partial charge in [0.2, 0.25) is 0 Å². The first kappa shape index (κ1) is 33.3. The van der Waals surface area contributed by atoms with Gasteiger partial charge in [0.15, 0.2) is 0 Å². The van der Waals surface area contributed by atoms with Crippen LogP contribution < -0.4 is 0 Å². The summed E-state index contributed by atoms with van der Waals surface area (Å²) >= 11 is 0. The lowest BCUT2D eigenvalue weighted by molar-refractivity contribution is 0.584. The summed E-state index contributed by atoms with van der Waals surface area (Å²) in [5.41, 5.74) is 13.0. The minimum Gasteiger partial charge on any atom is -0.308 e. The lowest BCUT2D eigenvalue weighted by atomic mass is 9.99. The molecular formula is C51H33F2N3. The summed E-state index contributed by atoms with van der Waals surface area (Å²) < 4.78 is 34.1. The smallest absolute Gasteiger partial charge is 0.126 e. The van der Waals surface area contributed by atoms with Crippen molar-refractivity contribution in [1.29, 1.82) is 5.26 Å². The van der Waals surface area contributed by atoms with Crippen LogP contribution in [0.25, 0.3) is 88.4 Å². The molecule has 0 aliphatic carbocycles. The summed E-state index contributed by atoms with van der Waals surface area (Å²) in [6.07, 6.45) is 0. The van der Waals surface area contributed by atoms with Gasteiger partial charge in [0, 0.05) is 27.6 Å². The highest BCUT2D eigenvalue weighted by molar-refractivity contribution is 6.12. The van der Waals surface area contributed by atoms with E-state index in [4.69, 9.17) is 0 Å². The van der Waals surface area contributed by atoms with Crippen molar-refractivity contribution in [1.82, 2.24) is 9.13 Å². The Morgan fingerprint density at radius 1 is 0.393 bits per heavy atom. The maximum Gasteiger partial charge on any atom is 0.126 e. The predicted molar refractivity (Wildman–Crippen MR) is 226 cm³/mol. The molecular weight excluding hydrogens is 693 g/mol. The largest absolute Gasteiger partial charge is 0.308 e. The Kier molecular flexibility index (Phi) is 7.69. The Bertz CT molecular complexity index is 3030. The van der Waals surface area contributed by atoms with Gasteiger partial charge in [0.25, 0.3) is 0 Å². The van der Waals surface area contributed by atoms with E-state index in [9.17, 15) is 14.0 Å². The summed E-state index contributed by atoms with van der Waals surface area (Å²) in [5, 5.41) is 15.4. The Balaban J connectivity index is 1.29. The molecule has 56 heavy (non-hydrogen) atoms. The highest BCUT2D eigenvalue weighted by Crippen LogP contribution is 2.42. The van der Waals surface area contributed by atoms with Gasteiger partial charge in [0.05, 0.1) is 33.4 Å². The van der Waals surface area contributed by atoms with Crippen LogP contribution in [0.15, 0.2) is 164 Å². The molecule has 0 aliphatic rings. The standard InChI is InChI=1S/C51H33F2N3/c1-31-11-15-33(16-12-31)35-19-21-48-43(25-35)41-7-3-5-9-46(41)55(48)50-27-38(37-23-39(52)29-40(53)24-37)28-51(45(50)30-54)56-47-10-6-4-8-42(47)44-26-36(20-22-49(44)56)34-17-13-32(2)14-18-34/h3-29H,1-2H3. The summed E-state index contributed by atoms with van der Waals surface area (Å²) in [7, 11) is 0. The molecule has 5 heteroatoms. The van der Waals surface area contributed by atoms with Crippen LogP contribution in [0.5, 0.6) is 0 Å². The van der Waals surface area contributed by atoms with E-state index in [1.165, 1.54) is 23.3 Å². The van der Waals surface area contributed by atoms with Crippen molar-refractivity contribution in [3.05, 3.63) is 192 Å². The van der Waals surface area contributed by atoms with Gasteiger partial charge < -0.3 is 9.13 Å². The van der Waals surface area contributed by atoms with Gasteiger partial charge >= 0.3 is 0 Å². The zero-order valence-corrected chi connectivity index (χ0v) is 30.7. The summed E-state index contributed by atoms with van der Waals surface area (Å²) in [4.78, 5) is 0. The number of halogens is 2. The van der Waals surface area contributed by atoms with Crippen LogP contribution in [0.4, 0.5) is 8.78 Å². The molecule has 8 aromatic carbocycles. The van der Waals surface area contributed by atoms with Gasteiger partial charge in [-0.1, -0.05) is 108 Å². The minimum absolute atomic E-state index is 0.374. The quantitative estimate of drug-likeness (QED) is 0.174. The Labute approximate surface area is 322 Å². The molecule has 0 spiro atoms. The number of aromatic nitrogens is 2. The van der Waals surface area contributed by atoms with E-state index in [0.29, 0.717) is 28.1 Å². The fourth-order valence-electron chi connectivity index (χ4n) is 8.28. The first-order chi connectivity index (χ1) is 27.3. The number of benzene rings is 8. The molecule has 2 heterocycles. The number of aryl methyl sites for hydroxylation is 2. The number of hydrogen-bond acceptors (Lipinski definition) is 1. The molecule has 0 bridgehead atoms. The van der Waals surface area contributed by atoms with Crippen LogP contribution in [0, 0.1) is 36.8 Å². The molecule has 0 radical (unpaired) electrons. The topological polar surface area (TPSA) is 33.6 Å². The van der Waals surface area contributed by atoms with Crippen LogP contribution in [0.3, 0.4) is 0 Å². The molecule has 0 amide bonds. The Hall–Kier alpha value is -7.29. The Morgan fingerprint density at radius 3 is 1.23 bits per heavy atom. The van der Waals surface area contributed by atoms with Crippen molar-refractivity contribution in [2.75, 3.05) is 0 Å². The average Bonchev–Trinajstić information content (AvgIpc) is 3.72. The molecule has 0 saturated carbocycles. The maximum atomic E-state index is 14.9. The predicted octanol–water partition coefficient (Wildman–Crippen LogP) is 13.6. The van der Waals surface area contributed by atoms with Gasteiger partial charge in [-0.05, 0) is 108 Å². The summed E-state index contributed by atoms with van der Waals surface area (Å²) in [6.45, 7) is 4.16. The van der Waals surface area contributed by atoms with Crippen LogP contribution in [0.2, 0.25) is 0 Å². The normalized spacial score (nSPS) is 11.6. The molecule has 0 aliphatic heterocycles. The molecule has 3 nitrogen and oxygen atoms in total. The van der Waals surface area contributed by atoms with Crippen molar-refractivity contribution in [3.63, 3.8) is 0 Å². The van der Waals surface area contributed by atoms with E-state index in [1.807, 2.05) is 36.4 Å². The van der Waals surface area contributed by atoms with E-state index >= 15 is 0 Å². The molecule has 0 N–H and O–H groups in total. The van der Waals surface area contributed by atoms with Gasteiger partial charge in [0.1, 0.15) is 23.3 Å². The van der Waals surface area contributed by atoms with Gasteiger partial charge in [-0.15, -0.1) is 0 Å². The second-order valence-electron chi connectivity index (χ2n) is 14.6. The van der Waals surface area contributed by atoms with Gasteiger partial charge in [-0.2, -0.15) is 5.26 Å². The van der Waals surface area contributed by atoms with Crippen LogP contribution in [-0.4, -0.2) is 9.13 Å². The first-order valence-electron chi connectivity index (χ1n) is 18.6.